The van der Waals surface area contributed by atoms with Crippen molar-refractivity contribution >= 4 is 29.1 Å². The molecule has 118 valence electrons. The zero-order chi connectivity index (χ0) is 16.4. The van der Waals surface area contributed by atoms with E-state index < -0.39 is 6.04 Å². The first-order chi connectivity index (χ1) is 10.4. The van der Waals surface area contributed by atoms with E-state index in [0.717, 1.165) is 5.69 Å². The van der Waals surface area contributed by atoms with Gasteiger partial charge in [0.05, 0.1) is 23.9 Å². The van der Waals surface area contributed by atoms with Crippen molar-refractivity contribution in [2.75, 3.05) is 6.61 Å². The number of amides is 1. The molecule has 2 N–H and O–H groups in total. The van der Waals surface area contributed by atoms with Gasteiger partial charge in [-0.05, 0) is 26.0 Å². The Bertz CT molecular complexity index is 693. The molecule has 0 unspecified atom stereocenters. The molecular formula is C15H17Cl2N3O2. The maximum Gasteiger partial charge on any atom is 0.255 e. The average Bonchev–Trinajstić information content (AvgIpc) is 2.70. The van der Waals surface area contributed by atoms with E-state index in [9.17, 15) is 9.90 Å². The standard InChI is InChI=1S/C15H17Cl2N3O2/c1-8-13(9(2)20(3)19-8)15(22)18-12(7-21)14-10(16)5-4-6-11(14)17/h4-6,12,21H,7H2,1-3H3,(H,18,22)/t12-/m1/s1. The molecule has 2 aromatic rings. The summed E-state index contributed by atoms with van der Waals surface area (Å²) in [4.78, 5) is 12.5. The van der Waals surface area contributed by atoms with E-state index in [0.29, 0.717) is 26.9 Å². The summed E-state index contributed by atoms with van der Waals surface area (Å²) in [6, 6.07) is 4.35. The Kier molecular flexibility index (Phi) is 5.11. The highest BCUT2D eigenvalue weighted by atomic mass is 35.5. The first-order valence-electron chi connectivity index (χ1n) is 6.72. The first kappa shape index (κ1) is 16.8. The lowest BCUT2D eigenvalue weighted by molar-refractivity contribution is 0.0915. The molecule has 0 aliphatic rings. The highest BCUT2D eigenvalue weighted by molar-refractivity contribution is 6.36. The van der Waals surface area contributed by atoms with Gasteiger partial charge >= 0.3 is 0 Å². The van der Waals surface area contributed by atoms with Crippen molar-refractivity contribution in [3.63, 3.8) is 0 Å². The van der Waals surface area contributed by atoms with Gasteiger partial charge in [0.25, 0.3) is 5.91 Å². The molecule has 0 spiro atoms. The van der Waals surface area contributed by atoms with Crippen LogP contribution in [0.5, 0.6) is 0 Å². The lowest BCUT2D eigenvalue weighted by Gasteiger charge is -2.19. The van der Waals surface area contributed by atoms with Crippen LogP contribution in [0.1, 0.15) is 33.4 Å². The number of aliphatic hydroxyl groups is 1. The number of halogens is 2. The van der Waals surface area contributed by atoms with Crippen LogP contribution in [0.25, 0.3) is 0 Å². The number of carbonyl (C=O) groups excluding carboxylic acids is 1. The molecule has 22 heavy (non-hydrogen) atoms. The summed E-state index contributed by atoms with van der Waals surface area (Å²) in [7, 11) is 1.77. The Balaban J connectivity index is 2.33. The van der Waals surface area contributed by atoms with Gasteiger partial charge in [-0.25, -0.2) is 0 Å². The van der Waals surface area contributed by atoms with E-state index in [-0.39, 0.29) is 12.5 Å². The van der Waals surface area contributed by atoms with Gasteiger partial charge in [-0.1, -0.05) is 29.3 Å². The van der Waals surface area contributed by atoms with Crippen molar-refractivity contribution in [3.8, 4) is 0 Å². The van der Waals surface area contributed by atoms with E-state index in [4.69, 9.17) is 23.2 Å². The fraction of sp³-hybridized carbons (Fsp3) is 0.333. The smallest absolute Gasteiger partial charge is 0.255 e. The quantitative estimate of drug-likeness (QED) is 0.898. The third kappa shape index (κ3) is 3.11. The Labute approximate surface area is 138 Å². The number of hydrogen-bond acceptors (Lipinski definition) is 3. The molecule has 1 aromatic carbocycles. The Hall–Kier alpha value is -1.56. The van der Waals surface area contributed by atoms with Crippen LogP contribution in [-0.4, -0.2) is 27.4 Å². The molecule has 5 nitrogen and oxygen atoms in total. The van der Waals surface area contributed by atoms with Gasteiger partial charge in [0, 0.05) is 28.4 Å². The van der Waals surface area contributed by atoms with Crippen LogP contribution in [0, 0.1) is 13.8 Å². The topological polar surface area (TPSA) is 67.2 Å². The third-order valence-corrected chi connectivity index (χ3v) is 4.23. The second-order valence-corrected chi connectivity index (χ2v) is 5.83. The van der Waals surface area contributed by atoms with E-state index in [1.165, 1.54) is 0 Å². The number of aliphatic hydroxyl groups excluding tert-OH is 1. The van der Waals surface area contributed by atoms with E-state index in [1.807, 2.05) is 6.92 Å². The van der Waals surface area contributed by atoms with Crippen molar-refractivity contribution in [1.29, 1.82) is 0 Å². The maximum atomic E-state index is 12.5. The fourth-order valence-corrected chi connectivity index (χ4v) is 3.05. The zero-order valence-electron chi connectivity index (χ0n) is 12.5. The lowest BCUT2D eigenvalue weighted by atomic mass is 10.1. The predicted octanol–water partition coefficient (Wildman–Crippen LogP) is 2.81. The fourth-order valence-electron chi connectivity index (χ4n) is 2.39. The first-order valence-corrected chi connectivity index (χ1v) is 7.48. The van der Waals surface area contributed by atoms with E-state index in [1.54, 1.807) is 36.9 Å². The number of nitrogens with zero attached hydrogens (tertiary/aromatic N) is 2. The van der Waals surface area contributed by atoms with Crippen molar-refractivity contribution in [2.24, 2.45) is 7.05 Å². The molecule has 2 rings (SSSR count). The third-order valence-electron chi connectivity index (χ3n) is 3.57. The summed E-state index contributed by atoms with van der Waals surface area (Å²) < 4.78 is 1.64. The van der Waals surface area contributed by atoms with Gasteiger partial charge in [0.1, 0.15) is 0 Å². The van der Waals surface area contributed by atoms with Gasteiger partial charge in [0.2, 0.25) is 0 Å². The molecule has 0 radical (unpaired) electrons. The number of aromatic nitrogens is 2. The summed E-state index contributed by atoms with van der Waals surface area (Å²) >= 11 is 12.3. The molecule has 0 bridgehead atoms. The van der Waals surface area contributed by atoms with Crippen molar-refractivity contribution < 1.29 is 9.90 Å². The number of carbonyl (C=O) groups is 1. The van der Waals surface area contributed by atoms with Crippen LogP contribution in [0.4, 0.5) is 0 Å². The molecule has 1 heterocycles. The lowest BCUT2D eigenvalue weighted by Crippen LogP contribution is -2.32. The van der Waals surface area contributed by atoms with Crippen molar-refractivity contribution in [2.45, 2.75) is 19.9 Å². The summed E-state index contributed by atoms with van der Waals surface area (Å²) in [5.41, 5.74) is 2.36. The Morgan fingerprint density at radius 1 is 1.36 bits per heavy atom. The second-order valence-electron chi connectivity index (χ2n) is 5.01. The summed E-state index contributed by atoms with van der Waals surface area (Å²) in [6.07, 6.45) is 0. The summed E-state index contributed by atoms with van der Waals surface area (Å²) in [6.45, 7) is 3.26. The predicted molar refractivity (Wildman–Crippen MR) is 86.4 cm³/mol. The monoisotopic (exact) mass is 341 g/mol. The van der Waals surface area contributed by atoms with Gasteiger partial charge in [-0.2, -0.15) is 5.10 Å². The van der Waals surface area contributed by atoms with E-state index in [2.05, 4.69) is 10.4 Å². The minimum absolute atomic E-state index is 0.312. The molecule has 1 amide bonds. The van der Waals surface area contributed by atoms with Crippen LogP contribution in [0.2, 0.25) is 10.0 Å². The normalized spacial score (nSPS) is 12.3. The average molecular weight is 342 g/mol. The molecule has 7 heteroatoms. The highest BCUT2D eigenvalue weighted by Gasteiger charge is 2.23. The molecule has 0 saturated carbocycles. The summed E-state index contributed by atoms with van der Waals surface area (Å²) in [5.74, 6) is -0.321. The van der Waals surface area contributed by atoms with Crippen LogP contribution in [0.15, 0.2) is 18.2 Å². The van der Waals surface area contributed by atoms with Gasteiger partial charge < -0.3 is 10.4 Å². The number of hydrogen-bond donors (Lipinski definition) is 2. The van der Waals surface area contributed by atoms with Crippen molar-refractivity contribution in [3.05, 3.63) is 50.8 Å². The molecule has 0 aliphatic heterocycles. The van der Waals surface area contributed by atoms with Gasteiger partial charge in [0.15, 0.2) is 0 Å². The molecule has 0 fully saturated rings. The van der Waals surface area contributed by atoms with Crippen LogP contribution in [-0.2, 0) is 7.05 Å². The zero-order valence-corrected chi connectivity index (χ0v) is 14.0. The minimum atomic E-state index is -0.687. The van der Waals surface area contributed by atoms with Gasteiger partial charge in [-0.15, -0.1) is 0 Å². The number of aryl methyl sites for hydroxylation is 2. The SMILES string of the molecule is Cc1nn(C)c(C)c1C(=O)N[C@H](CO)c1c(Cl)cccc1Cl. The highest BCUT2D eigenvalue weighted by Crippen LogP contribution is 2.30. The Morgan fingerprint density at radius 2 is 1.95 bits per heavy atom. The molecule has 0 saturated heterocycles. The van der Waals surface area contributed by atoms with Crippen LogP contribution in [0.3, 0.4) is 0 Å². The summed E-state index contributed by atoms with van der Waals surface area (Å²) in [5, 5.41) is 17.4. The molecule has 0 aliphatic carbocycles. The van der Waals surface area contributed by atoms with E-state index >= 15 is 0 Å². The molecular weight excluding hydrogens is 325 g/mol. The second kappa shape index (κ2) is 6.69. The molecule has 1 atom stereocenters. The molecule has 1 aromatic heterocycles. The minimum Gasteiger partial charge on any atom is -0.394 e. The number of benzene rings is 1. The number of rotatable bonds is 4. The largest absolute Gasteiger partial charge is 0.394 e. The van der Waals surface area contributed by atoms with Crippen LogP contribution < -0.4 is 5.32 Å². The van der Waals surface area contributed by atoms with Crippen LogP contribution >= 0.6 is 23.2 Å². The van der Waals surface area contributed by atoms with Crippen molar-refractivity contribution in [1.82, 2.24) is 15.1 Å². The number of nitrogens with one attached hydrogen (secondary N) is 1. The van der Waals surface area contributed by atoms with Gasteiger partial charge in [-0.3, -0.25) is 9.48 Å². The Morgan fingerprint density at radius 3 is 2.41 bits per heavy atom. The maximum absolute atomic E-state index is 12.5.